The zero-order valence-electron chi connectivity index (χ0n) is 11.0. The van der Waals surface area contributed by atoms with Crippen molar-refractivity contribution in [3.05, 3.63) is 40.3 Å². The van der Waals surface area contributed by atoms with Crippen LogP contribution < -0.4 is 14.6 Å². The lowest BCUT2D eigenvalue weighted by Gasteiger charge is -2.10. The lowest BCUT2D eigenvalue weighted by Crippen LogP contribution is -2.24. The summed E-state index contributed by atoms with van der Waals surface area (Å²) in [4.78, 5) is 14.7. The van der Waals surface area contributed by atoms with E-state index in [1.165, 1.54) is 11.3 Å². The fraction of sp³-hybridized carbons (Fsp3) is 0.286. The highest BCUT2D eigenvalue weighted by atomic mass is 32.1. The first-order valence-corrected chi connectivity index (χ1v) is 7.04. The van der Waals surface area contributed by atoms with E-state index in [1.54, 1.807) is 5.38 Å². The molecular formula is C14H14NO4S-. The van der Waals surface area contributed by atoms with Gasteiger partial charge in [0.2, 0.25) is 0 Å². The van der Waals surface area contributed by atoms with Crippen LogP contribution in [0, 0.1) is 0 Å². The number of carbonyl (C=O) groups is 1. The van der Waals surface area contributed by atoms with E-state index in [9.17, 15) is 9.90 Å². The number of carboxylic acid groups (broad SMARTS) is 1. The molecule has 106 valence electrons. The van der Waals surface area contributed by atoms with Crippen LogP contribution in [-0.2, 0) is 17.8 Å². The second-order valence-electron chi connectivity index (χ2n) is 3.95. The van der Waals surface area contributed by atoms with Crippen LogP contribution in [0.3, 0.4) is 0 Å². The highest BCUT2D eigenvalue weighted by Gasteiger charge is 2.06. The first-order chi connectivity index (χ1) is 9.69. The Balaban J connectivity index is 1.98. The van der Waals surface area contributed by atoms with Crippen molar-refractivity contribution in [2.45, 2.75) is 20.0 Å². The Labute approximate surface area is 120 Å². The molecule has 1 aromatic heterocycles. The molecule has 0 radical (unpaired) electrons. The summed E-state index contributed by atoms with van der Waals surface area (Å²) in [5.74, 6) is 0.192. The molecule has 2 aromatic rings. The second-order valence-corrected chi connectivity index (χ2v) is 4.89. The van der Waals surface area contributed by atoms with Gasteiger partial charge in [0.05, 0.1) is 12.3 Å². The minimum Gasteiger partial charge on any atom is -0.550 e. The zero-order chi connectivity index (χ0) is 14.4. The summed E-state index contributed by atoms with van der Waals surface area (Å²) in [5, 5.41) is 12.9. The summed E-state index contributed by atoms with van der Waals surface area (Å²) in [5.41, 5.74) is 0.492. The highest BCUT2D eigenvalue weighted by molar-refractivity contribution is 7.09. The molecule has 0 unspecified atom stereocenters. The molecule has 0 fully saturated rings. The van der Waals surface area contributed by atoms with Gasteiger partial charge in [0, 0.05) is 17.8 Å². The van der Waals surface area contributed by atoms with Crippen LogP contribution in [0.4, 0.5) is 0 Å². The van der Waals surface area contributed by atoms with Crippen molar-refractivity contribution in [1.82, 2.24) is 4.98 Å². The van der Waals surface area contributed by atoms with E-state index in [4.69, 9.17) is 9.47 Å². The fourth-order valence-corrected chi connectivity index (χ4v) is 2.33. The van der Waals surface area contributed by atoms with Crippen LogP contribution in [0.5, 0.6) is 11.5 Å². The van der Waals surface area contributed by atoms with Crippen molar-refractivity contribution < 1.29 is 19.4 Å². The van der Waals surface area contributed by atoms with Crippen LogP contribution in [0.1, 0.15) is 17.6 Å². The molecule has 0 N–H and O–H groups in total. The number of aliphatic carboxylic acids is 1. The summed E-state index contributed by atoms with van der Waals surface area (Å²) in [7, 11) is 0. The zero-order valence-corrected chi connectivity index (χ0v) is 11.8. The molecule has 2 rings (SSSR count). The number of nitrogens with zero attached hydrogens (tertiary/aromatic N) is 1. The predicted octanol–water partition coefficient (Wildman–Crippen LogP) is 1.41. The SMILES string of the molecule is CCOc1ccccc1OCc1nc(CC(=O)[O-])cs1. The van der Waals surface area contributed by atoms with Gasteiger partial charge in [-0.1, -0.05) is 12.1 Å². The minimum absolute atomic E-state index is 0.175. The van der Waals surface area contributed by atoms with Crippen molar-refractivity contribution in [2.24, 2.45) is 0 Å². The smallest absolute Gasteiger partial charge is 0.161 e. The maximum Gasteiger partial charge on any atom is 0.161 e. The minimum atomic E-state index is -1.13. The fourth-order valence-electron chi connectivity index (χ4n) is 1.63. The molecule has 0 aliphatic heterocycles. The molecule has 0 bridgehead atoms. The average molecular weight is 292 g/mol. The van der Waals surface area contributed by atoms with Crippen molar-refractivity contribution >= 4 is 17.3 Å². The van der Waals surface area contributed by atoms with E-state index in [2.05, 4.69) is 4.98 Å². The van der Waals surface area contributed by atoms with Gasteiger partial charge in [-0.2, -0.15) is 0 Å². The first kappa shape index (κ1) is 14.3. The van der Waals surface area contributed by atoms with Gasteiger partial charge in [0.1, 0.15) is 11.6 Å². The molecule has 0 saturated heterocycles. The van der Waals surface area contributed by atoms with E-state index in [1.807, 2.05) is 31.2 Å². The monoisotopic (exact) mass is 292 g/mol. The molecule has 0 spiro atoms. The second kappa shape index (κ2) is 6.91. The third-order valence-corrected chi connectivity index (χ3v) is 3.30. The first-order valence-electron chi connectivity index (χ1n) is 6.16. The molecule has 5 nitrogen and oxygen atoms in total. The predicted molar refractivity (Wildman–Crippen MR) is 72.8 cm³/mol. The summed E-state index contributed by atoms with van der Waals surface area (Å²) in [6, 6.07) is 7.39. The van der Waals surface area contributed by atoms with Gasteiger partial charge in [-0.3, -0.25) is 0 Å². The van der Waals surface area contributed by atoms with Gasteiger partial charge in [0.25, 0.3) is 0 Å². The Morgan fingerprint density at radius 2 is 2.00 bits per heavy atom. The lowest BCUT2D eigenvalue weighted by molar-refractivity contribution is -0.304. The molecule has 20 heavy (non-hydrogen) atoms. The summed E-state index contributed by atoms with van der Waals surface area (Å²) < 4.78 is 11.1. The summed E-state index contributed by atoms with van der Waals surface area (Å²) >= 11 is 1.36. The number of hydrogen-bond donors (Lipinski definition) is 0. The molecule has 0 aliphatic carbocycles. The lowest BCUT2D eigenvalue weighted by atomic mass is 10.3. The van der Waals surface area contributed by atoms with Crippen molar-refractivity contribution in [3.8, 4) is 11.5 Å². The largest absolute Gasteiger partial charge is 0.550 e. The van der Waals surface area contributed by atoms with Crippen LogP contribution in [0.2, 0.25) is 0 Å². The molecule has 0 atom stereocenters. The van der Waals surface area contributed by atoms with Crippen LogP contribution in [0.25, 0.3) is 0 Å². The van der Waals surface area contributed by atoms with E-state index in [0.717, 1.165) is 0 Å². The van der Waals surface area contributed by atoms with E-state index in [0.29, 0.717) is 28.8 Å². The van der Waals surface area contributed by atoms with Crippen LogP contribution >= 0.6 is 11.3 Å². The number of carbonyl (C=O) groups excluding carboxylic acids is 1. The van der Waals surface area contributed by atoms with E-state index < -0.39 is 5.97 Å². The maximum atomic E-state index is 10.5. The number of carboxylic acids is 1. The molecule has 0 saturated carbocycles. The number of benzene rings is 1. The van der Waals surface area contributed by atoms with Crippen LogP contribution in [-0.4, -0.2) is 17.6 Å². The van der Waals surface area contributed by atoms with Gasteiger partial charge < -0.3 is 19.4 Å². The Morgan fingerprint density at radius 1 is 1.30 bits per heavy atom. The van der Waals surface area contributed by atoms with Crippen LogP contribution in [0.15, 0.2) is 29.6 Å². The Hall–Kier alpha value is -2.08. The Morgan fingerprint density at radius 3 is 2.65 bits per heavy atom. The number of thiazole rings is 1. The van der Waals surface area contributed by atoms with E-state index >= 15 is 0 Å². The maximum absolute atomic E-state index is 10.5. The Kier molecular flexibility index (Phi) is 4.95. The molecule has 0 aliphatic rings. The summed E-state index contributed by atoms with van der Waals surface area (Å²) in [6.07, 6.45) is -0.175. The molecule has 1 aromatic carbocycles. The van der Waals surface area contributed by atoms with Crippen molar-refractivity contribution in [1.29, 1.82) is 0 Å². The van der Waals surface area contributed by atoms with Crippen molar-refractivity contribution in [2.75, 3.05) is 6.61 Å². The topological polar surface area (TPSA) is 71.5 Å². The number of aromatic nitrogens is 1. The van der Waals surface area contributed by atoms with E-state index in [-0.39, 0.29) is 13.0 Å². The van der Waals surface area contributed by atoms with Gasteiger partial charge in [-0.25, -0.2) is 4.98 Å². The number of ether oxygens (including phenoxy) is 2. The third kappa shape index (κ3) is 3.96. The van der Waals surface area contributed by atoms with Gasteiger partial charge >= 0.3 is 0 Å². The number of hydrogen-bond acceptors (Lipinski definition) is 6. The van der Waals surface area contributed by atoms with Gasteiger partial charge in [-0.15, -0.1) is 11.3 Å². The molecular weight excluding hydrogens is 278 g/mol. The standard InChI is InChI=1S/C14H15NO4S/c1-2-18-11-5-3-4-6-12(11)19-8-13-15-10(9-20-13)7-14(16)17/h3-6,9H,2,7-8H2,1H3,(H,16,17)/p-1. The number of rotatable bonds is 7. The highest BCUT2D eigenvalue weighted by Crippen LogP contribution is 2.27. The molecule has 6 heteroatoms. The molecule has 1 heterocycles. The number of para-hydroxylation sites is 2. The quantitative estimate of drug-likeness (QED) is 0.771. The van der Waals surface area contributed by atoms with Gasteiger partial charge in [-0.05, 0) is 19.1 Å². The Bertz CT molecular complexity index is 582. The normalized spacial score (nSPS) is 10.2. The molecule has 0 amide bonds. The van der Waals surface area contributed by atoms with Gasteiger partial charge in [0.15, 0.2) is 11.5 Å². The average Bonchev–Trinajstić information content (AvgIpc) is 2.85. The third-order valence-electron chi connectivity index (χ3n) is 2.42. The summed E-state index contributed by atoms with van der Waals surface area (Å²) in [6.45, 7) is 2.75. The van der Waals surface area contributed by atoms with Crippen molar-refractivity contribution in [3.63, 3.8) is 0 Å².